The third-order valence-electron chi connectivity index (χ3n) is 2.87. The van der Waals surface area contributed by atoms with Crippen molar-refractivity contribution >= 4 is 33.8 Å². The molecule has 5 heteroatoms. The van der Waals surface area contributed by atoms with Crippen LogP contribution in [0, 0.1) is 5.82 Å². The number of nitrogens with zero attached hydrogens (tertiary/aromatic N) is 1. The van der Waals surface area contributed by atoms with Crippen LogP contribution in [0.3, 0.4) is 0 Å². The summed E-state index contributed by atoms with van der Waals surface area (Å²) in [5.74, 6) is -0.192. The molecule has 0 radical (unpaired) electrons. The number of hydrogen-bond donors (Lipinski definition) is 1. The van der Waals surface area contributed by atoms with Gasteiger partial charge in [0.05, 0.1) is 6.61 Å². The first-order chi connectivity index (χ1) is 8.24. The minimum Gasteiger partial charge on any atom is -0.395 e. The van der Waals surface area contributed by atoms with Gasteiger partial charge in [-0.05, 0) is 41.1 Å². The summed E-state index contributed by atoms with van der Waals surface area (Å²) in [6, 6.07) is 4.91. The van der Waals surface area contributed by atoms with Crippen LogP contribution in [0.5, 0.6) is 0 Å². The molecule has 0 aliphatic rings. The van der Waals surface area contributed by atoms with Gasteiger partial charge in [-0.15, -0.1) is 23.7 Å². The number of benzene rings is 1. The SMILES string of the molecule is CCN(CCO)Cc1csc2ccc(F)cc12.Cl. The highest BCUT2D eigenvalue weighted by atomic mass is 35.5. The topological polar surface area (TPSA) is 23.5 Å². The molecule has 100 valence electrons. The Hall–Kier alpha value is -0.680. The highest BCUT2D eigenvalue weighted by Crippen LogP contribution is 2.27. The molecule has 1 N–H and O–H groups in total. The first-order valence-electron chi connectivity index (χ1n) is 5.73. The summed E-state index contributed by atoms with van der Waals surface area (Å²) in [7, 11) is 0. The van der Waals surface area contributed by atoms with Crippen LogP contribution in [0.4, 0.5) is 4.39 Å². The average molecular weight is 290 g/mol. The zero-order valence-electron chi connectivity index (χ0n) is 10.2. The Morgan fingerprint density at radius 3 is 2.83 bits per heavy atom. The van der Waals surface area contributed by atoms with Crippen molar-refractivity contribution in [3.05, 3.63) is 35.0 Å². The summed E-state index contributed by atoms with van der Waals surface area (Å²) in [6.07, 6.45) is 0. The van der Waals surface area contributed by atoms with Crippen molar-refractivity contribution in [2.24, 2.45) is 0 Å². The molecule has 1 aromatic carbocycles. The Balaban J connectivity index is 0.00000162. The van der Waals surface area contributed by atoms with Crippen LogP contribution < -0.4 is 0 Å². The van der Waals surface area contributed by atoms with Crippen LogP contribution in [0.15, 0.2) is 23.6 Å². The molecule has 0 fully saturated rings. The number of aliphatic hydroxyl groups excluding tert-OH is 1. The van der Waals surface area contributed by atoms with E-state index >= 15 is 0 Å². The Kier molecular flexibility index (Phi) is 6.02. The zero-order valence-corrected chi connectivity index (χ0v) is 11.9. The number of rotatable bonds is 5. The van der Waals surface area contributed by atoms with E-state index in [2.05, 4.69) is 17.2 Å². The lowest BCUT2D eigenvalue weighted by atomic mass is 10.1. The number of thiophene rings is 1. The Bertz CT molecular complexity index is 503. The first kappa shape index (κ1) is 15.4. The van der Waals surface area contributed by atoms with Gasteiger partial charge < -0.3 is 5.11 Å². The summed E-state index contributed by atoms with van der Waals surface area (Å²) in [5, 5.41) is 12.0. The largest absolute Gasteiger partial charge is 0.395 e. The maximum Gasteiger partial charge on any atom is 0.123 e. The molecule has 0 unspecified atom stereocenters. The van der Waals surface area contributed by atoms with Crippen LogP contribution in [-0.4, -0.2) is 29.7 Å². The molecule has 0 amide bonds. The second kappa shape index (κ2) is 7.04. The van der Waals surface area contributed by atoms with Crippen LogP contribution >= 0.6 is 23.7 Å². The van der Waals surface area contributed by atoms with Crippen LogP contribution in [-0.2, 0) is 6.54 Å². The minimum absolute atomic E-state index is 0. The molecule has 0 aliphatic carbocycles. The Morgan fingerprint density at radius 1 is 1.39 bits per heavy atom. The summed E-state index contributed by atoms with van der Waals surface area (Å²) in [5.41, 5.74) is 1.14. The Labute approximate surface area is 116 Å². The minimum atomic E-state index is -0.192. The van der Waals surface area contributed by atoms with Crippen LogP contribution in [0.1, 0.15) is 12.5 Å². The van der Waals surface area contributed by atoms with Crippen LogP contribution in [0.25, 0.3) is 10.1 Å². The highest BCUT2D eigenvalue weighted by Gasteiger charge is 2.09. The van der Waals surface area contributed by atoms with E-state index in [0.29, 0.717) is 6.54 Å². The van der Waals surface area contributed by atoms with E-state index in [1.807, 2.05) is 6.07 Å². The zero-order chi connectivity index (χ0) is 12.3. The van der Waals surface area contributed by atoms with Gasteiger partial charge in [-0.3, -0.25) is 4.90 Å². The van der Waals surface area contributed by atoms with Gasteiger partial charge in [-0.1, -0.05) is 6.92 Å². The lowest BCUT2D eigenvalue weighted by Crippen LogP contribution is -2.25. The lowest BCUT2D eigenvalue weighted by molar-refractivity contribution is 0.197. The molecule has 2 rings (SSSR count). The second-order valence-corrected chi connectivity index (χ2v) is 4.91. The Morgan fingerprint density at radius 2 is 2.17 bits per heavy atom. The molecule has 0 saturated heterocycles. The van der Waals surface area contributed by atoms with E-state index in [9.17, 15) is 4.39 Å². The van der Waals surface area contributed by atoms with Crippen molar-refractivity contribution in [1.82, 2.24) is 4.90 Å². The molecule has 2 nitrogen and oxygen atoms in total. The van der Waals surface area contributed by atoms with E-state index < -0.39 is 0 Å². The van der Waals surface area contributed by atoms with Gasteiger partial charge in [0.1, 0.15) is 5.82 Å². The number of halogens is 2. The predicted octanol–water partition coefficient (Wildman–Crippen LogP) is 3.28. The maximum absolute atomic E-state index is 13.2. The summed E-state index contributed by atoms with van der Waals surface area (Å²) in [6.45, 7) is 4.52. The van der Waals surface area contributed by atoms with Crippen molar-refractivity contribution in [2.75, 3.05) is 19.7 Å². The molecule has 18 heavy (non-hydrogen) atoms. The standard InChI is InChI=1S/C13H16FNOS.ClH/c1-2-15(5-6-16)8-10-9-17-13-4-3-11(14)7-12(10)13;/h3-4,7,9,16H,2,5-6,8H2,1H3;1H. The molecule has 0 bridgehead atoms. The van der Waals surface area contributed by atoms with Gasteiger partial charge in [-0.25, -0.2) is 4.39 Å². The second-order valence-electron chi connectivity index (χ2n) is 3.99. The summed E-state index contributed by atoms with van der Waals surface area (Å²) < 4.78 is 14.3. The van der Waals surface area contributed by atoms with Gasteiger partial charge >= 0.3 is 0 Å². The fourth-order valence-electron chi connectivity index (χ4n) is 1.91. The van der Waals surface area contributed by atoms with E-state index in [4.69, 9.17) is 5.11 Å². The molecule has 1 heterocycles. The predicted molar refractivity (Wildman–Crippen MR) is 77.1 cm³/mol. The summed E-state index contributed by atoms with van der Waals surface area (Å²) >= 11 is 1.64. The number of likely N-dealkylation sites (N-methyl/N-ethyl adjacent to an activating group) is 1. The van der Waals surface area contributed by atoms with Crippen molar-refractivity contribution in [3.8, 4) is 0 Å². The maximum atomic E-state index is 13.2. The molecular formula is C13H17ClFNOS. The van der Waals surface area contributed by atoms with E-state index in [1.54, 1.807) is 17.4 Å². The van der Waals surface area contributed by atoms with Crippen molar-refractivity contribution < 1.29 is 9.50 Å². The van der Waals surface area contributed by atoms with E-state index in [0.717, 1.165) is 28.7 Å². The first-order valence-corrected chi connectivity index (χ1v) is 6.61. The number of hydrogen-bond acceptors (Lipinski definition) is 3. The average Bonchev–Trinajstić information content (AvgIpc) is 2.71. The molecule has 0 aliphatic heterocycles. The molecule has 0 saturated carbocycles. The van der Waals surface area contributed by atoms with Gasteiger partial charge in [0, 0.05) is 17.8 Å². The smallest absolute Gasteiger partial charge is 0.123 e. The van der Waals surface area contributed by atoms with E-state index in [-0.39, 0.29) is 24.8 Å². The monoisotopic (exact) mass is 289 g/mol. The number of fused-ring (bicyclic) bond motifs is 1. The molecule has 2 aromatic rings. The summed E-state index contributed by atoms with van der Waals surface area (Å²) in [4.78, 5) is 2.15. The van der Waals surface area contributed by atoms with Crippen molar-refractivity contribution in [1.29, 1.82) is 0 Å². The molecule has 1 aromatic heterocycles. The molecule has 0 spiro atoms. The van der Waals surface area contributed by atoms with Crippen molar-refractivity contribution in [3.63, 3.8) is 0 Å². The van der Waals surface area contributed by atoms with Gasteiger partial charge in [0.25, 0.3) is 0 Å². The molecule has 0 atom stereocenters. The quantitative estimate of drug-likeness (QED) is 0.913. The van der Waals surface area contributed by atoms with Gasteiger partial charge in [0.2, 0.25) is 0 Å². The third-order valence-corrected chi connectivity index (χ3v) is 3.89. The normalized spacial score (nSPS) is 10.9. The lowest BCUT2D eigenvalue weighted by Gasteiger charge is -2.18. The van der Waals surface area contributed by atoms with Crippen LogP contribution in [0.2, 0.25) is 0 Å². The fraction of sp³-hybridized carbons (Fsp3) is 0.385. The number of aliphatic hydroxyl groups is 1. The third kappa shape index (κ3) is 3.42. The highest BCUT2D eigenvalue weighted by molar-refractivity contribution is 7.17. The van der Waals surface area contributed by atoms with Gasteiger partial charge in [0.15, 0.2) is 0 Å². The molecular weight excluding hydrogens is 273 g/mol. The van der Waals surface area contributed by atoms with E-state index in [1.165, 1.54) is 6.07 Å². The fourth-order valence-corrected chi connectivity index (χ4v) is 2.84. The van der Waals surface area contributed by atoms with Crippen molar-refractivity contribution in [2.45, 2.75) is 13.5 Å². The van der Waals surface area contributed by atoms with Gasteiger partial charge in [-0.2, -0.15) is 0 Å².